The first kappa shape index (κ1) is 9.15. The second-order valence-electron chi connectivity index (χ2n) is 2.67. The fourth-order valence-corrected chi connectivity index (χ4v) is 1.91. The summed E-state index contributed by atoms with van der Waals surface area (Å²) in [6.07, 6.45) is 0. The van der Waals surface area contributed by atoms with Crippen LogP contribution >= 0.6 is 11.3 Å². The molecule has 2 aromatic rings. The molecule has 0 aliphatic carbocycles. The van der Waals surface area contributed by atoms with Gasteiger partial charge in [0.25, 0.3) is 0 Å². The van der Waals surface area contributed by atoms with Gasteiger partial charge in [0.1, 0.15) is 10.8 Å². The molecule has 14 heavy (non-hydrogen) atoms. The summed E-state index contributed by atoms with van der Waals surface area (Å²) in [7, 11) is 1.54. The summed E-state index contributed by atoms with van der Waals surface area (Å²) in [6.45, 7) is 0. The summed E-state index contributed by atoms with van der Waals surface area (Å²) in [4.78, 5) is 4.12. The summed E-state index contributed by atoms with van der Waals surface area (Å²) >= 11 is 1.37. The quantitative estimate of drug-likeness (QED) is 0.758. The number of methoxy groups -OCH3 is 1. The lowest BCUT2D eigenvalue weighted by atomic mass is 10.2. The van der Waals surface area contributed by atoms with E-state index in [0.717, 1.165) is 0 Å². The van der Waals surface area contributed by atoms with E-state index in [4.69, 9.17) is 4.74 Å². The molecule has 2 rings (SSSR count). The van der Waals surface area contributed by atoms with Crippen LogP contribution in [0.15, 0.2) is 29.6 Å². The predicted molar refractivity (Wildman–Crippen MR) is 54.1 cm³/mol. The molecule has 0 N–H and O–H groups in total. The highest BCUT2D eigenvalue weighted by Gasteiger charge is 2.08. The summed E-state index contributed by atoms with van der Waals surface area (Å²) in [5.41, 5.74) is 0.515. The van der Waals surface area contributed by atoms with Crippen LogP contribution in [0.1, 0.15) is 0 Å². The van der Waals surface area contributed by atoms with Crippen LogP contribution in [0.25, 0.3) is 10.6 Å². The van der Waals surface area contributed by atoms with Crippen molar-refractivity contribution in [2.24, 2.45) is 0 Å². The van der Waals surface area contributed by atoms with Crippen molar-refractivity contribution in [3.8, 4) is 16.5 Å². The Kier molecular flexibility index (Phi) is 2.45. The lowest BCUT2D eigenvalue weighted by molar-refractivity contribution is 0.401. The van der Waals surface area contributed by atoms with Gasteiger partial charge in [-0.2, -0.15) is 0 Å². The van der Waals surface area contributed by atoms with Gasteiger partial charge in [-0.25, -0.2) is 9.37 Å². The SMILES string of the molecule is COc1csc(-c2ccccc2F)n1. The second kappa shape index (κ2) is 3.75. The average molecular weight is 209 g/mol. The molecule has 0 aliphatic heterocycles. The van der Waals surface area contributed by atoms with E-state index in [2.05, 4.69) is 4.98 Å². The van der Waals surface area contributed by atoms with Crippen LogP contribution in [0.2, 0.25) is 0 Å². The summed E-state index contributed by atoms with van der Waals surface area (Å²) < 4.78 is 18.2. The van der Waals surface area contributed by atoms with E-state index in [-0.39, 0.29) is 5.82 Å². The van der Waals surface area contributed by atoms with E-state index >= 15 is 0 Å². The minimum atomic E-state index is -0.260. The first-order chi connectivity index (χ1) is 6.81. The Labute approximate surface area is 85.0 Å². The molecule has 0 fully saturated rings. The highest BCUT2D eigenvalue weighted by Crippen LogP contribution is 2.28. The number of aromatic nitrogens is 1. The van der Waals surface area contributed by atoms with Crippen LogP contribution < -0.4 is 4.74 Å². The smallest absolute Gasteiger partial charge is 0.224 e. The molecule has 0 radical (unpaired) electrons. The average Bonchev–Trinajstić information content (AvgIpc) is 2.67. The zero-order valence-corrected chi connectivity index (χ0v) is 8.34. The molecular weight excluding hydrogens is 201 g/mol. The van der Waals surface area contributed by atoms with Gasteiger partial charge in [0.05, 0.1) is 12.5 Å². The van der Waals surface area contributed by atoms with Crippen molar-refractivity contribution in [2.75, 3.05) is 7.11 Å². The van der Waals surface area contributed by atoms with Crippen LogP contribution in [0.4, 0.5) is 4.39 Å². The maximum absolute atomic E-state index is 13.3. The highest BCUT2D eigenvalue weighted by molar-refractivity contribution is 7.13. The van der Waals surface area contributed by atoms with Crippen molar-refractivity contribution in [1.29, 1.82) is 0 Å². The standard InChI is InChI=1S/C10H8FNOS/c1-13-9-6-14-10(12-9)7-4-2-3-5-8(7)11/h2-6H,1H3. The molecule has 0 bridgehead atoms. The first-order valence-corrected chi connectivity index (χ1v) is 4.93. The van der Waals surface area contributed by atoms with E-state index in [1.807, 2.05) is 0 Å². The third-order valence-electron chi connectivity index (χ3n) is 1.80. The number of hydrogen-bond donors (Lipinski definition) is 0. The number of thiazole rings is 1. The van der Waals surface area contributed by atoms with Gasteiger partial charge in [0.2, 0.25) is 5.88 Å². The first-order valence-electron chi connectivity index (χ1n) is 4.05. The molecule has 1 heterocycles. The van der Waals surface area contributed by atoms with Gasteiger partial charge in [-0.15, -0.1) is 11.3 Å². The number of nitrogens with zero attached hydrogens (tertiary/aromatic N) is 1. The Balaban J connectivity index is 2.44. The van der Waals surface area contributed by atoms with Crippen molar-refractivity contribution >= 4 is 11.3 Å². The molecule has 0 saturated heterocycles. The van der Waals surface area contributed by atoms with Crippen LogP contribution in [-0.2, 0) is 0 Å². The van der Waals surface area contributed by atoms with Crippen molar-refractivity contribution in [1.82, 2.24) is 4.98 Å². The van der Waals surface area contributed by atoms with Crippen LogP contribution in [0.5, 0.6) is 5.88 Å². The number of rotatable bonds is 2. The van der Waals surface area contributed by atoms with E-state index in [0.29, 0.717) is 16.5 Å². The summed E-state index contributed by atoms with van der Waals surface area (Å²) in [6, 6.07) is 6.56. The zero-order chi connectivity index (χ0) is 9.97. The minimum absolute atomic E-state index is 0.260. The van der Waals surface area contributed by atoms with Crippen LogP contribution in [0.3, 0.4) is 0 Å². The van der Waals surface area contributed by atoms with Crippen LogP contribution in [0, 0.1) is 5.82 Å². The van der Waals surface area contributed by atoms with Gasteiger partial charge < -0.3 is 4.74 Å². The molecule has 72 valence electrons. The highest BCUT2D eigenvalue weighted by atomic mass is 32.1. The zero-order valence-electron chi connectivity index (χ0n) is 7.53. The monoisotopic (exact) mass is 209 g/mol. The molecule has 1 aromatic carbocycles. The molecule has 0 unspecified atom stereocenters. The molecule has 4 heteroatoms. The summed E-state index contributed by atoms with van der Waals surface area (Å²) in [5.74, 6) is 0.262. The Morgan fingerprint density at radius 1 is 1.36 bits per heavy atom. The third kappa shape index (κ3) is 1.61. The van der Waals surface area contributed by atoms with Gasteiger partial charge in [-0.05, 0) is 12.1 Å². The second-order valence-corrected chi connectivity index (χ2v) is 3.53. The van der Waals surface area contributed by atoms with Crippen molar-refractivity contribution in [2.45, 2.75) is 0 Å². The van der Waals surface area contributed by atoms with Crippen molar-refractivity contribution in [3.05, 3.63) is 35.5 Å². The van der Waals surface area contributed by atoms with Crippen molar-refractivity contribution < 1.29 is 9.13 Å². The number of benzene rings is 1. The van der Waals surface area contributed by atoms with E-state index in [1.165, 1.54) is 17.4 Å². The summed E-state index contributed by atoms with van der Waals surface area (Å²) in [5, 5.41) is 2.39. The van der Waals surface area contributed by atoms with Gasteiger partial charge in [-0.1, -0.05) is 12.1 Å². The molecule has 1 aromatic heterocycles. The molecule has 0 spiro atoms. The number of hydrogen-bond acceptors (Lipinski definition) is 3. The normalized spacial score (nSPS) is 10.1. The Bertz CT molecular complexity index is 441. The maximum Gasteiger partial charge on any atom is 0.224 e. The van der Waals surface area contributed by atoms with Gasteiger partial charge in [-0.3, -0.25) is 0 Å². The minimum Gasteiger partial charge on any atom is -0.480 e. The molecule has 0 amide bonds. The number of halogens is 1. The van der Waals surface area contributed by atoms with Crippen molar-refractivity contribution in [3.63, 3.8) is 0 Å². The van der Waals surface area contributed by atoms with Gasteiger partial charge in [0.15, 0.2) is 0 Å². The fourth-order valence-electron chi connectivity index (χ4n) is 1.11. The predicted octanol–water partition coefficient (Wildman–Crippen LogP) is 2.96. The van der Waals surface area contributed by atoms with E-state index in [9.17, 15) is 4.39 Å². The fraction of sp³-hybridized carbons (Fsp3) is 0.100. The Morgan fingerprint density at radius 2 is 2.14 bits per heavy atom. The van der Waals surface area contributed by atoms with E-state index in [1.54, 1.807) is 30.7 Å². The Hall–Kier alpha value is -1.42. The largest absolute Gasteiger partial charge is 0.480 e. The van der Waals surface area contributed by atoms with Crippen LogP contribution in [-0.4, -0.2) is 12.1 Å². The molecule has 0 atom stereocenters. The topological polar surface area (TPSA) is 22.1 Å². The molecule has 0 aliphatic rings. The van der Waals surface area contributed by atoms with Gasteiger partial charge in [0, 0.05) is 5.56 Å². The molecule has 0 saturated carbocycles. The molecule has 2 nitrogen and oxygen atoms in total. The Morgan fingerprint density at radius 3 is 2.79 bits per heavy atom. The van der Waals surface area contributed by atoms with E-state index < -0.39 is 0 Å². The molecular formula is C10H8FNOS. The third-order valence-corrected chi connectivity index (χ3v) is 2.65. The maximum atomic E-state index is 13.3. The number of ether oxygens (including phenoxy) is 1. The lowest BCUT2D eigenvalue weighted by Gasteiger charge is -1.96. The lowest BCUT2D eigenvalue weighted by Crippen LogP contribution is -1.84. The van der Waals surface area contributed by atoms with Gasteiger partial charge >= 0.3 is 0 Å².